The van der Waals surface area contributed by atoms with E-state index in [1.54, 1.807) is 4.90 Å². The van der Waals surface area contributed by atoms with Crippen molar-refractivity contribution in [2.24, 2.45) is 11.7 Å². The van der Waals surface area contributed by atoms with Crippen LogP contribution < -0.4 is 11.1 Å². The highest BCUT2D eigenvalue weighted by atomic mass is 35.5. The van der Waals surface area contributed by atoms with Gasteiger partial charge >= 0.3 is 0 Å². The molecule has 1 saturated heterocycles. The van der Waals surface area contributed by atoms with Gasteiger partial charge in [-0.15, -0.1) is 12.4 Å². The number of rotatable bonds is 7. The first-order valence-electron chi connectivity index (χ1n) is 7.35. The van der Waals surface area contributed by atoms with Gasteiger partial charge in [0.2, 0.25) is 11.8 Å². The second kappa shape index (κ2) is 10.00. The Kier molecular flexibility index (Phi) is 9.59. The molecule has 1 unspecified atom stereocenters. The largest absolute Gasteiger partial charge is 0.353 e. The number of nitrogens with two attached hydrogens (primary N) is 1. The highest BCUT2D eigenvalue weighted by Crippen LogP contribution is 2.16. The maximum Gasteiger partial charge on any atom is 0.243 e. The summed E-state index contributed by atoms with van der Waals surface area (Å²) >= 11 is 0. The van der Waals surface area contributed by atoms with Crippen LogP contribution in [0.4, 0.5) is 0 Å². The van der Waals surface area contributed by atoms with Crippen LogP contribution in [0.3, 0.4) is 0 Å². The molecule has 0 radical (unpaired) electrons. The van der Waals surface area contributed by atoms with Crippen LogP contribution in [0, 0.1) is 5.92 Å². The third kappa shape index (κ3) is 5.67. The molecule has 118 valence electrons. The van der Waals surface area contributed by atoms with Crippen molar-refractivity contribution in [1.29, 1.82) is 0 Å². The number of hydrogen-bond acceptors (Lipinski definition) is 3. The molecule has 0 saturated carbocycles. The number of nitrogens with zero attached hydrogens (tertiary/aromatic N) is 1. The van der Waals surface area contributed by atoms with E-state index in [0.29, 0.717) is 19.5 Å². The summed E-state index contributed by atoms with van der Waals surface area (Å²) in [6, 6.07) is -0.301. The molecule has 20 heavy (non-hydrogen) atoms. The molecule has 0 aromatic carbocycles. The predicted molar refractivity (Wildman–Crippen MR) is 82.7 cm³/mol. The molecule has 1 rings (SSSR count). The van der Waals surface area contributed by atoms with E-state index >= 15 is 0 Å². The minimum atomic E-state index is -0.301. The van der Waals surface area contributed by atoms with Gasteiger partial charge in [-0.25, -0.2) is 0 Å². The van der Waals surface area contributed by atoms with E-state index in [4.69, 9.17) is 5.73 Å². The summed E-state index contributed by atoms with van der Waals surface area (Å²) in [5, 5.41) is 2.84. The molecular formula is C14H28ClN3O2. The van der Waals surface area contributed by atoms with Crippen LogP contribution in [0.2, 0.25) is 0 Å². The van der Waals surface area contributed by atoms with Crippen molar-refractivity contribution >= 4 is 24.2 Å². The zero-order valence-electron chi connectivity index (χ0n) is 12.6. The number of hydrogen-bond donors (Lipinski definition) is 2. The quantitative estimate of drug-likeness (QED) is 0.696. The van der Waals surface area contributed by atoms with Gasteiger partial charge in [-0.1, -0.05) is 26.7 Å². The van der Waals surface area contributed by atoms with Crippen LogP contribution in [0.5, 0.6) is 0 Å². The van der Waals surface area contributed by atoms with Crippen molar-refractivity contribution in [3.05, 3.63) is 0 Å². The van der Waals surface area contributed by atoms with E-state index in [0.717, 1.165) is 32.2 Å². The predicted octanol–water partition coefficient (Wildman–Crippen LogP) is 1.30. The Morgan fingerprint density at radius 3 is 2.60 bits per heavy atom. The summed E-state index contributed by atoms with van der Waals surface area (Å²) in [5.41, 5.74) is 5.43. The zero-order chi connectivity index (χ0) is 14.3. The van der Waals surface area contributed by atoms with Crippen molar-refractivity contribution < 1.29 is 9.59 Å². The van der Waals surface area contributed by atoms with Gasteiger partial charge in [0.1, 0.15) is 6.04 Å². The monoisotopic (exact) mass is 305 g/mol. The Bertz CT molecular complexity index is 311. The molecule has 3 N–H and O–H groups in total. The van der Waals surface area contributed by atoms with Crippen molar-refractivity contribution in [1.82, 2.24) is 10.2 Å². The molecule has 0 aromatic heterocycles. The van der Waals surface area contributed by atoms with Crippen molar-refractivity contribution in [3.63, 3.8) is 0 Å². The maximum absolute atomic E-state index is 12.2. The highest BCUT2D eigenvalue weighted by molar-refractivity contribution is 5.89. The van der Waals surface area contributed by atoms with E-state index in [1.165, 1.54) is 0 Å². The highest BCUT2D eigenvalue weighted by Gasteiger charge is 2.34. The zero-order valence-corrected chi connectivity index (χ0v) is 13.4. The van der Waals surface area contributed by atoms with Gasteiger partial charge in [0.15, 0.2) is 0 Å². The summed E-state index contributed by atoms with van der Waals surface area (Å²) in [6.45, 7) is 5.89. The van der Waals surface area contributed by atoms with E-state index in [9.17, 15) is 9.59 Å². The fourth-order valence-electron chi connectivity index (χ4n) is 2.54. The molecule has 0 aliphatic carbocycles. The van der Waals surface area contributed by atoms with Gasteiger partial charge < -0.3 is 16.0 Å². The van der Waals surface area contributed by atoms with E-state index in [-0.39, 0.29) is 36.2 Å². The van der Waals surface area contributed by atoms with Crippen LogP contribution in [-0.2, 0) is 9.59 Å². The van der Waals surface area contributed by atoms with Crippen LogP contribution in [0.25, 0.3) is 0 Å². The first-order valence-corrected chi connectivity index (χ1v) is 7.35. The normalized spacial score (nSPS) is 18.7. The molecule has 0 bridgehead atoms. The van der Waals surface area contributed by atoms with E-state index in [2.05, 4.69) is 5.32 Å². The average molecular weight is 306 g/mol. The van der Waals surface area contributed by atoms with E-state index < -0.39 is 0 Å². The molecule has 2 amide bonds. The Balaban J connectivity index is 0.00000361. The van der Waals surface area contributed by atoms with Crippen LogP contribution in [0.15, 0.2) is 0 Å². The number of nitrogens with one attached hydrogen (secondary N) is 1. The lowest BCUT2D eigenvalue weighted by atomic mass is 9.99. The SMILES string of the molecule is CC(C)C1C(=O)NCCN1C(=O)CCCCCCN.Cl. The Hall–Kier alpha value is -0.810. The summed E-state index contributed by atoms with van der Waals surface area (Å²) in [4.78, 5) is 25.8. The molecule has 1 aliphatic heterocycles. The minimum absolute atomic E-state index is 0. The number of piperazine rings is 1. The molecular weight excluding hydrogens is 278 g/mol. The van der Waals surface area contributed by atoms with Gasteiger partial charge in [0, 0.05) is 19.5 Å². The third-order valence-electron chi connectivity index (χ3n) is 3.55. The lowest BCUT2D eigenvalue weighted by Gasteiger charge is -2.37. The fraction of sp³-hybridized carbons (Fsp3) is 0.857. The molecule has 5 nitrogen and oxygen atoms in total. The van der Waals surface area contributed by atoms with Crippen molar-refractivity contribution in [3.8, 4) is 0 Å². The molecule has 1 heterocycles. The van der Waals surface area contributed by atoms with Crippen LogP contribution >= 0.6 is 12.4 Å². The van der Waals surface area contributed by atoms with Gasteiger partial charge in [-0.2, -0.15) is 0 Å². The van der Waals surface area contributed by atoms with Gasteiger partial charge in [-0.05, 0) is 25.3 Å². The summed E-state index contributed by atoms with van der Waals surface area (Å²) in [7, 11) is 0. The second-order valence-electron chi connectivity index (χ2n) is 5.52. The molecule has 1 atom stereocenters. The summed E-state index contributed by atoms with van der Waals surface area (Å²) in [5.74, 6) is 0.250. The average Bonchev–Trinajstić information content (AvgIpc) is 2.37. The Morgan fingerprint density at radius 2 is 2.00 bits per heavy atom. The number of carbonyl (C=O) groups is 2. The lowest BCUT2D eigenvalue weighted by Crippen LogP contribution is -2.59. The lowest BCUT2D eigenvalue weighted by molar-refractivity contribution is -0.145. The number of unbranched alkanes of at least 4 members (excludes halogenated alkanes) is 3. The molecule has 1 aliphatic rings. The van der Waals surface area contributed by atoms with Gasteiger partial charge in [0.05, 0.1) is 0 Å². The molecule has 0 spiro atoms. The van der Waals surface area contributed by atoms with E-state index in [1.807, 2.05) is 13.8 Å². The van der Waals surface area contributed by atoms with Crippen LogP contribution in [-0.4, -0.2) is 42.4 Å². The standard InChI is InChI=1S/C14H27N3O2.ClH/c1-11(2)13-14(19)16-9-10-17(13)12(18)7-5-3-4-6-8-15;/h11,13H,3-10,15H2,1-2H3,(H,16,19);1H. The summed E-state index contributed by atoms with van der Waals surface area (Å²) < 4.78 is 0. The second-order valence-corrected chi connectivity index (χ2v) is 5.52. The fourth-order valence-corrected chi connectivity index (χ4v) is 2.54. The number of halogens is 1. The van der Waals surface area contributed by atoms with Gasteiger partial charge in [-0.3, -0.25) is 9.59 Å². The van der Waals surface area contributed by atoms with Crippen molar-refractivity contribution in [2.45, 2.75) is 52.0 Å². The van der Waals surface area contributed by atoms with Crippen LogP contribution in [0.1, 0.15) is 46.0 Å². The molecule has 0 aromatic rings. The maximum atomic E-state index is 12.2. The van der Waals surface area contributed by atoms with Crippen molar-refractivity contribution in [2.75, 3.05) is 19.6 Å². The number of amides is 2. The Morgan fingerprint density at radius 1 is 1.35 bits per heavy atom. The Labute approximate surface area is 128 Å². The number of carbonyl (C=O) groups excluding carboxylic acids is 2. The summed E-state index contributed by atoms with van der Waals surface area (Å²) in [6.07, 6.45) is 4.57. The molecule has 6 heteroatoms. The molecule has 1 fully saturated rings. The topological polar surface area (TPSA) is 75.4 Å². The third-order valence-corrected chi connectivity index (χ3v) is 3.55. The first-order chi connectivity index (χ1) is 9.07. The van der Waals surface area contributed by atoms with Gasteiger partial charge in [0.25, 0.3) is 0 Å². The first kappa shape index (κ1) is 19.2. The smallest absolute Gasteiger partial charge is 0.243 e. The minimum Gasteiger partial charge on any atom is -0.353 e.